The molecule has 1 heterocycles. The van der Waals surface area contributed by atoms with Gasteiger partial charge in [-0.2, -0.15) is 0 Å². The Morgan fingerprint density at radius 2 is 2.05 bits per heavy atom. The molecule has 0 saturated carbocycles. The fraction of sp³-hybridized carbons (Fsp3) is 0.533. The van der Waals surface area contributed by atoms with Crippen LogP contribution in [-0.4, -0.2) is 43.7 Å². The number of aliphatic imine (C=N–C) groups is 1. The van der Waals surface area contributed by atoms with Crippen LogP contribution in [0.25, 0.3) is 0 Å². The summed E-state index contributed by atoms with van der Waals surface area (Å²) < 4.78 is 5.30. The molecular weight excluding hydrogens is 238 g/mol. The van der Waals surface area contributed by atoms with Crippen molar-refractivity contribution < 1.29 is 4.74 Å². The lowest BCUT2D eigenvalue weighted by atomic mass is 10.0. The molecule has 2 N–H and O–H groups in total. The van der Waals surface area contributed by atoms with Gasteiger partial charge in [-0.25, -0.2) is 0 Å². The van der Waals surface area contributed by atoms with Crippen LogP contribution >= 0.6 is 0 Å². The molecule has 1 aromatic carbocycles. The topological polar surface area (TPSA) is 50.8 Å². The van der Waals surface area contributed by atoms with E-state index in [4.69, 9.17) is 10.5 Å². The molecule has 19 heavy (non-hydrogen) atoms. The summed E-state index contributed by atoms with van der Waals surface area (Å²) in [6, 6.07) is 6.55. The van der Waals surface area contributed by atoms with Crippen LogP contribution in [0, 0.1) is 13.8 Å². The molecule has 0 bridgehead atoms. The summed E-state index contributed by atoms with van der Waals surface area (Å²) >= 11 is 0. The van der Waals surface area contributed by atoms with E-state index in [0.29, 0.717) is 5.96 Å². The summed E-state index contributed by atoms with van der Waals surface area (Å²) in [5.74, 6) is 0.646. The molecule has 0 spiro atoms. The zero-order valence-corrected chi connectivity index (χ0v) is 11.9. The Balaban J connectivity index is 1.87. The van der Waals surface area contributed by atoms with Crippen molar-refractivity contribution in [1.29, 1.82) is 0 Å². The quantitative estimate of drug-likeness (QED) is 0.662. The second-order valence-electron chi connectivity index (χ2n) is 5.02. The second-order valence-corrected chi connectivity index (χ2v) is 5.02. The number of hydrogen-bond donors (Lipinski definition) is 1. The van der Waals surface area contributed by atoms with E-state index >= 15 is 0 Å². The van der Waals surface area contributed by atoms with Crippen LogP contribution < -0.4 is 5.73 Å². The number of morpholine rings is 1. The minimum atomic E-state index is 0.646. The van der Waals surface area contributed by atoms with Crippen molar-refractivity contribution >= 4 is 5.96 Å². The molecule has 1 fully saturated rings. The Morgan fingerprint density at radius 1 is 1.32 bits per heavy atom. The molecule has 1 aliphatic rings. The fourth-order valence-corrected chi connectivity index (χ4v) is 2.31. The molecule has 0 atom stereocenters. The molecule has 0 aromatic heterocycles. The van der Waals surface area contributed by atoms with Gasteiger partial charge in [-0.3, -0.25) is 4.99 Å². The predicted molar refractivity (Wildman–Crippen MR) is 78.5 cm³/mol. The lowest BCUT2D eigenvalue weighted by molar-refractivity contribution is 0.0674. The maximum atomic E-state index is 6.00. The van der Waals surface area contributed by atoms with E-state index in [0.717, 1.165) is 39.3 Å². The maximum Gasteiger partial charge on any atom is 0.191 e. The van der Waals surface area contributed by atoms with Crippen molar-refractivity contribution in [2.24, 2.45) is 10.7 Å². The van der Waals surface area contributed by atoms with E-state index in [1.54, 1.807) is 0 Å². The third kappa shape index (κ3) is 3.96. The van der Waals surface area contributed by atoms with E-state index in [2.05, 4.69) is 41.9 Å². The van der Waals surface area contributed by atoms with E-state index in [9.17, 15) is 0 Å². The smallest absolute Gasteiger partial charge is 0.191 e. The first-order valence-corrected chi connectivity index (χ1v) is 6.85. The highest BCUT2D eigenvalue weighted by Gasteiger charge is 2.11. The van der Waals surface area contributed by atoms with Gasteiger partial charge in [0, 0.05) is 19.6 Å². The van der Waals surface area contributed by atoms with Crippen molar-refractivity contribution in [3.8, 4) is 0 Å². The van der Waals surface area contributed by atoms with Gasteiger partial charge >= 0.3 is 0 Å². The maximum absolute atomic E-state index is 6.00. The third-order valence-corrected chi connectivity index (χ3v) is 3.49. The Bertz CT molecular complexity index is 451. The molecule has 1 aromatic rings. The van der Waals surface area contributed by atoms with Gasteiger partial charge in [0.1, 0.15) is 0 Å². The Morgan fingerprint density at radius 3 is 2.74 bits per heavy atom. The average Bonchev–Trinajstić information content (AvgIpc) is 2.42. The van der Waals surface area contributed by atoms with Gasteiger partial charge in [0.05, 0.1) is 13.2 Å². The summed E-state index contributed by atoms with van der Waals surface area (Å²) in [6.45, 7) is 8.19. The SMILES string of the molecule is Cc1ccc(CCN=C(N)N2CCOCC2)c(C)c1. The highest BCUT2D eigenvalue weighted by Crippen LogP contribution is 2.11. The molecule has 2 rings (SSSR count). The number of hydrogen-bond acceptors (Lipinski definition) is 2. The predicted octanol–water partition coefficient (Wildman–Crippen LogP) is 1.49. The van der Waals surface area contributed by atoms with Crippen molar-refractivity contribution in [2.45, 2.75) is 20.3 Å². The number of benzene rings is 1. The Labute approximate surface area is 115 Å². The number of aryl methyl sites for hydroxylation is 2. The number of guanidine groups is 1. The molecule has 0 radical (unpaired) electrons. The Kier molecular flexibility index (Phi) is 4.80. The van der Waals surface area contributed by atoms with Gasteiger partial charge in [0.2, 0.25) is 0 Å². The van der Waals surface area contributed by atoms with E-state index in [1.165, 1.54) is 16.7 Å². The van der Waals surface area contributed by atoms with Gasteiger partial charge in [-0.15, -0.1) is 0 Å². The van der Waals surface area contributed by atoms with Gasteiger partial charge in [0.25, 0.3) is 0 Å². The van der Waals surface area contributed by atoms with Crippen LogP contribution in [0.2, 0.25) is 0 Å². The van der Waals surface area contributed by atoms with Gasteiger partial charge in [-0.1, -0.05) is 23.8 Å². The average molecular weight is 261 g/mol. The Hall–Kier alpha value is -1.55. The standard InChI is InChI=1S/C15H23N3O/c1-12-3-4-14(13(2)11-12)5-6-17-15(16)18-7-9-19-10-8-18/h3-4,11H,5-10H2,1-2H3,(H2,16,17). The van der Waals surface area contributed by atoms with Crippen LogP contribution in [0.5, 0.6) is 0 Å². The van der Waals surface area contributed by atoms with Crippen molar-refractivity contribution in [2.75, 3.05) is 32.8 Å². The summed E-state index contributed by atoms with van der Waals surface area (Å²) in [5, 5.41) is 0. The number of ether oxygens (including phenoxy) is 1. The van der Waals surface area contributed by atoms with Crippen molar-refractivity contribution in [3.63, 3.8) is 0 Å². The lowest BCUT2D eigenvalue weighted by Crippen LogP contribution is -2.44. The van der Waals surface area contributed by atoms with E-state index in [-0.39, 0.29) is 0 Å². The number of rotatable bonds is 3. The molecule has 1 saturated heterocycles. The van der Waals surface area contributed by atoms with Crippen LogP contribution in [-0.2, 0) is 11.2 Å². The normalized spacial score (nSPS) is 16.7. The highest BCUT2D eigenvalue weighted by atomic mass is 16.5. The zero-order valence-electron chi connectivity index (χ0n) is 11.9. The van der Waals surface area contributed by atoms with Crippen molar-refractivity contribution in [1.82, 2.24) is 4.90 Å². The molecule has 4 heteroatoms. The van der Waals surface area contributed by atoms with Crippen molar-refractivity contribution in [3.05, 3.63) is 34.9 Å². The molecule has 0 unspecified atom stereocenters. The molecule has 104 valence electrons. The highest BCUT2D eigenvalue weighted by molar-refractivity contribution is 5.78. The minimum Gasteiger partial charge on any atom is -0.378 e. The summed E-state index contributed by atoms with van der Waals surface area (Å²) in [7, 11) is 0. The molecule has 4 nitrogen and oxygen atoms in total. The largest absolute Gasteiger partial charge is 0.378 e. The third-order valence-electron chi connectivity index (χ3n) is 3.49. The molecular formula is C15H23N3O. The summed E-state index contributed by atoms with van der Waals surface area (Å²) in [4.78, 5) is 6.56. The first kappa shape index (κ1) is 13.9. The van der Waals surface area contributed by atoms with Crippen LogP contribution in [0.4, 0.5) is 0 Å². The molecule has 1 aliphatic heterocycles. The van der Waals surface area contributed by atoms with E-state index in [1.807, 2.05) is 0 Å². The fourth-order valence-electron chi connectivity index (χ4n) is 2.31. The number of nitrogens with two attached hydrogens (primary N) is 1. The van der Waals surface area contributed by atoms with Gasteiger partial charge in [0.15, 0.2) is 5.96 Å². The minimum absolute atomic E-state index is 0.646. The van der Waals surface area contributed by atoms with E-state index < -0.39 is 0 Å². The molecule has 0 aliphatic carbocycles. The zero-order chi connectivity index (χ0) is 13.7. The van der Waals surface area contributed by atoms with Crippen LogP contribution in [0.1, 0.15) is 16.7 Å². The lowest BCUT2D eigenvalue weighted by Gasteiger charge is -2.27. The van der Waals surface area contributed by atoms with Crippen LogP contribution in [0.3, 0.4) is 0 Å². The number of nitrogens with zero attached hydrogens (tertiary/aromatic N) is 2. The monoisotopic (exact) mass is 261 g/mol. The van der Waals surface area contributed by atoms with Gasteiger partial charge < -0.3 is 15.4 Å². The van der Waals surface area contributed by atoms with Gasteiger partial charge in [-0.05, 0) is 31.4 Å². The molecule has 0 amide bonds. The first-order chi connectivity index (χ1) is 9.16. The van der Waals surface area contributed by atoms with Crippen LogP contribution in [0.15, 0.2) is 23.2 Å². The first-order valence-electron chi connectivity index (χ1n) is 6.85. The summed E-state index contributed by atoms with van der Waals surface area (Å²) in [5.41, 5.74) is 9.98. The second kappa shape index (κ2) is 6.57. The summed E-state index contributed by atoms with van der Waals surface area (Å²) in [6.07, 6.45) is 0.942.